The van der Waals surface area contributed by atoms with Crippen LogP contribution in [0.4, 0.5) is 0 Å². The first-order chi connectivity index (χ1) is 12.6. The van der Waals surface area contributed by atoms with Gasteiger partial charge in [0, 0.05) is 6.54 Å². The van der Waals surface area contributed by atoms with E-state index in [-0.39, 0.29) is 37.0 Å². The Kier molecular flexibility index (Phi) is 7.54. The van der Waals surface area contributed by atoms with E-state index in [1.165, 1.54) is 0 Å². The van der Waals surface area contributed by atoms with E-state index >= 15 is 0 Å². The molecule has 0 aliphatic carbocycles. The highest BCUT2D eigenvalue weighted by atomic mass is 35.5. The average molecular weight is 393 g/mol. The number of halogens is 1. The van der Waals surface area contributed by atoms with Gasteiger partial charge in [0.15, 0.2) is 0 Å². The molecular weight excluding hydrogens is 368 g/mol. The van der Waals surface area contributed by atoms with Crippen molar-refractivity contribution in [2.24, 2.45) is 16.1 Å². The van der Waals surface area contributed by atoms with Crippen molar-refractivity contribution in [1.82, 2.24) is 9.91 Å². The molecule has 27 heavy (non-hydrogen) atoms. The number of nitrogens with zero attached hydrogens (tertiary/aromatic N) is 5. The molecule has 8 nitrogen and oxygen atoms in total. The van der Waals surface area contributed by atoms with Gasteiger partial charge in [0.2, 0.25) is 5.91 Å². The van der Waals surface area contributed by atoms with Crippen molar-refractivity contribution in [3.8, 4) is 6.07 Å². The lowest BCUT2D eigenvalue weighted by Gasteiger charge is -2.23. The number of nitrogens with two attached hydrogens (primary N) is 1. The van der Waals surface area contributed by atoms with Gasteiger partial charge in [-0.15, -0.1) is 12.4 Å². The maximum atomic E-state index is 12.5. The van der Waals surface area contributed by atoms with Crippen molar-refractivity contribution in [1.29, 1.82) is 5.26 Å². The normalized spacial score (nSPS) is 22.4. The van der Waals surface area contributed by atoms with Crippen LogP contribution in [0.2, 0.25) is 0 Å². The van der Waals surface area contributed by atoms with Crippen LogP contribution < -0.4 is 5.73 Å². The van der Waals surface area contributed by atoms with Gasteiger partial charge in [0.25, 0.3) is 0 Å². The van der Waals surface area contributed by atoms with Crippen molar-refractivity contribution < 1.29 is 9.90 Å². The third-order valence-corrected chi connectivity index (χ3v) is 4.88. The average Bonchev–Trinajstić information content (AvgIpc) is 3.31. The van der Waals surface area contributed by atoms with E-state index in [1.54, 1.807) is 9.91 Å². The SMILES string of the molecule is Cl.N#C[C@@H]1CCCN1C(=O)[C@@H](N)Cc1ccc(C2CN(CCO)N=N2)cc1. The fraction of sp³-hybridized carbons (Fsp3) is 0.556. The largest absolute Gasteiger partial charge is 0.394 e. The molecule has 2 heterocycles. The van der Waals surface area contributed by atoms with Gasteiger partial charge in [-0.2, -0.15) is 10.4 Å². The Hall–Kier alpha value is -2.21. The van der Waals surface area contributed by atoms with Crippen LogP contribution in [0.1, 0.15) is 30.0 Å². The second kappa shape index (κ2) is 9.65. The third kappa shape index (κ3) is 4.95. The molecule has 1 aromatic carbocycles. The van der Waals surface area contributed by atoms with E-state index in [0.717, 1.165) is 24.0 Å². The van der Waals surface area contributed by atoms with Crippen LogP contribution in [-0.2, 0) is 11.2 Å². The van der Waals surface area contributed by atoms with Gasteiger partial charge in [-0.05, 0) is 30.4 Å². The first-order valence-electron chi connectivity index (χ1n) is 8.93. The molecule has 0 radical (unpaired) electrons. The smallest absolute Gasteiger partial charge is 0.240 e. The van der Waals surface area contributed by atoms with Crippen LogP contribution in [-0.4, -0.2) is 59.2 Å². The molecule has 2 aliphatic heterocycles. The molecule has 9 heteroatoms. The summed E-state index contributed by atoms with van der Waals surface area (Å²) >= 11 is 0. The number of aliphatic hydroxyl groups excluding tert-OH is 1. The number of aliphatic hydroxyl groups is 1. The van der Waals surface area contributed by atoms with Crippen LogP contribution in [0.15, 0.2) is 34.6 Å². The Morgan fingerprint density at radius 1 is 1.41 bits per heavy atom. The molecule has 0 aromatic heterocycles. The van der Waals surface area contributed by atoms with Crippen LogP contribution in [0.25, 0.3) is 0 Å². The molecule has 0 bridgehead atoms. The van der Waals surface area contributed by atoms with Gasteiger partial charge in [-0.25, -0.2) is 0 Å². The summed E-state index contributed by atoms with van der Waals surface area (Å²) in [6.45, 7) is 1.80. The van der Waals surface area contributed by atoms with Crippen LogP contribution in [0.5, 0.6) is 0 Å². The van der Waals surface area contributed by atoms with E-state index in [0.29, 0.717) is 26.1 Å². The second-order valence-electron chi connectivity index (χ2n) is 6.73. The van der Waals surface area contributed by atoms with E-state index in [1.807, 2.05) is 24.3 Å². The predicted octanol–water partition coefficient (Wildman–Crippen LogP) is 1.21. The molecule has 2 aliphatic rings. The Bertz CT molecular complexity index is 705. The first-order valence-corrected chi connectivity index (χ1v) is 8.93. The lowest BCUT2D eigenvalue weighted by molar-refractivity contribution is -0.132. The van der Waals surface area contributed by atoms with Gasteiger partial charge < -0.3 is 15.7 Å². The Labute approximate surface area is 165 Å². The van der Waals surface area contributed by atoms with Crippen molar-refractivity contribution in [3.63, 3.8) is 0 Å². The zero-order chi connectivity index (χ0) is 18.5. The number of carbonyl (C=O) groups is 1. The number of rotatable bonds is 6. The zero-order valence-electron chi connectivity index (χ0n) is 15.1. The summed E-state index contributed by atoms with van der Waals surface area (Å²) in [6, 6.07) is 9.03. The predicted molar refractivity (Wildman–Crippen MR) is 102 cm³/mol. The minimum Gasteiger partial charge on any atom is -0.394 e. The Balaban J connectivity index is 0.00000261. The summed E-state index contributed by atoms with van der Waals surface area (Å²) in [5, 5.41) is 28.1. The standard InChI is InChI=1S/C18H24N6O2.ClH/c19-11-15-2-1-7-24(15)18(26)16(20)10-13-3-5-14(6-4-13)17-12-23(8-9-25)22-21-17;/h3-6,15-17,25H,1-2,7-10,12,20H2;1H/t15-,16-,17?;/m0./s1. The summed E-state index contributed by atoms with van der Waals surface area (Å²) in [5.41, 5.74) is 8.11. The quantitative estimate of drug-likeness (QED) is 0.754. The molecule has 1 fully saturated rings. The second-order valence-corrected chi connectivity index (χ2v) is 6.73. The highest BCUT2D eigenvalue weighted by molar-refractivity contribution is 5.85. The molecule has 146 valence electrons. The topological polar surface area (TPSA) is 118 Å². The molecule has 0 spiro atoms. The number of hydrogen-bond donors (Lipinski definition) is 2. The molecule has 3 rings (SSSR count). The highest BCUT2D eigenvalue weighted by Gasteiger charge is 2.31. The molecule has 1 unspecified atom stereocenters. The van der Waals surface area contributed by atoms with Gasteiger partial charge in [0.1, 0.15) is 12.1 Å². The zero-order valence-corrected chi connectivity index (χ0v) is 15.9. The number of nitriles is 1. The summed E-state index contributed by atoms with van der Waals surface area (Å²) in [5.74, 6) is -0.151. The number of hydrogen-bond acceptors (Lipinski definition) is 7. The van der Waals surface area contributed by atoms with Crippen LogP contribution in [0.3, 0.4) is 0 Å². The number of likely N-dealkylation sites (tertiary alicyclic amines) is 1. The van der Waals surface area contributed by atoms with Crippen LogP contribution >= 0.6 is 12.4 Å². The van der Waals surface area contributed by atoms with Crippen molar-refractivity contribution in [2.75, 3.05) is 26.2 Å². The molecule has 3 N–H and O–H groups in total. The van der Waals surface area contributed by atoms with Crippen molar-refractivity contribution in [3.05, 3.63) is 35.4 Å². The van der Waals surface area contributed by atoms with E-state index in [2.05, 4.69) is 16.4 Å². The fourth-order valence-electron chi connectivity index (χ4n) is 3.43. The number of benzene rings is 1. The highest BCUT2D eigenvalue weighted by Crippen LogP contribution is 2.25. The van der Waals surface area contributed by atoms with Gasteiger partial charge in [-0.3, -0.25) is 9.80 Å². The number of amides is 1. The summed E-state index contributed by atoms with van der Waals surface area (Å²) < 4.78 is 0. The molecule has 1 aromatic rings. The number of carbonyl (C=O) groups excluding carboxylic acids is 1. The van der Waals surface area contributed by atoms with E-state index in [9.17, 15) is 4.79 Å². The van der Waals surface area contributed by atoms with Crippen LogP contribution in [0, 0.1) is 11.3 Å². The third-order valence-electron chi connectivity index (χ3n) is 4.88. The van der Waals surface area contributed by atoms with E-state index < -0.39 is 6.04 Å². The summed E-state index contributed by atoms with van der Waals surface area (Å²) in [6.07, 6.45) is 2.03. The maximum Gasteiger partial charge on any atom is 0.240 e. The van der Waals surface area contributed by atoms with Gasteiger partial charge in [-0.1, -0.05) is 29.5 Å². The van der Waals surface area contributed by atoms with Crippen molar-refractivity contribution in [2.45, 2.75) is 37.4 Å². The minimum atomic E-state index is -0.638. The molecule has 1 saturated heterocycles. The summed E-state index contributed by atoms with van der Waals surface area (Å²) in [7, 11) is 0. The molecule has 1 amide bonds. The monoisotopic (exact) mass is 392 g/mol. The molecule has 0 saturated carbocycles. The van der Waals surface area contributed by atoms with Gasteiger partial charge >= 0.3 is 0 Å². The lowest BCUT2D eigenvalue weighted by Crippen LogP contribution is -2.46. The lowest BCUT2D eigenvalue weighted by atomic mass is 10.0. The Morgan fingerprint density at radius 2 is 2.15 bits per heavy atom. The fourth-order valence-corrected chi connectivity index (χ4v) is 3.43. The minimum absolute atomic E-state index is 0. The Morgan fingerprint density at radius 3 is 2.81 bits per heavy atom. The first kappa shape index (κ1) is 21.1. The summed E-state index contributed by atoms with van der Waals surface area (Å²) in [4.78, 5) is 14.1. The van der Waals surface area contributed by atoms with Gasteiger partial charge in [0.05, 0.1) is 31.8 Å². The maximum absolute atomic E-state index is 12.5. The molecule has 3 atom stereocenters. The van der Waals surface area contributed by atoms with Crippen molar-refractivity contribution >= 4 is 18.3 Å². The number of β-amino-alcohol motifs (C(OH)–C–C–N with tert-alkyl or cyclic N) is 1. The van der Waals surface area contributed by atoms with E-state index in [4.69, 9.17) is 16.1 Å². The molecular formula is C18H25ClN6O2.